The summed E-state index contributed by atoms with van der Waals surface area (Å²) in [5.74, 6) is -2.74. The van der Waals surface area contributed by atoms with Crippen molar-refractivity contribution < 1.29 is 29.4 Å². The zero-order valence-electron chi connectivity index (χ0n) is 17.7. The molecule has 4 unspecified atom stereocenters. The van der Waals surface area contributed by atoms with Gasteiger partial charge < -0.3 is 31.9 Å². The molecule has 0 heterocycles. The van der Waals surface area contributed by atoms with Crippen LogP contribution in [0.25, 0.3) is 0 Å². The molecule has 0 aliphatic rings. The van der Waals surface area contributed by atoms with Crippen molar-refractivity contribution in [3.05, 3.63) is 35.9 Å². The predicted molar refractivity (Wildman–Crippen MR) is 125 cm³/mol. The summed E-state index contributed by atoms with van der Waals surface area (Å²) in [5.41, 5.74) is 6.33. The molecule has 1 aromatic rings. The Kier molecular flexibility index (Phi) is 12.8. The summed E-state index contributed by atoms with van der Waals surface area (Å²) in [4.78, 5) is 48.9. The van der Waals surface area contributed by atoms with Gasteiger partial charge in [-0.3, -0.25) is 14.4 Å². The summed E-state index contributed by atoms with van der Waals surface area (Å²) >= 11 is 5.42. The first-order valence-electron chi connectivity index (χ1n) is 9.87. The number of aliphatic hydroxyl groups is 1. The number of carboxylic acids is 1. The van der Waals surface area contributed by atoms with Gasteiger partial charge in [0.05, 0.1) is 12.6 Å². The smallest absolute Gasteiger partial charge is 0.326 e. The maximum absolute atomic E-state index is 12.7. The lowest BCUT2D eigenvalue weighted by Gasteiger charge is -2.24. The number of aliphatic carboxylic acids is 1. The van der Waals surface area contributed by atoms with E-state index in [1.54, 1.807) is 30.3 Å². The van der Waals surface area contributed by atoms with Gasteiger partial charge in [0.15, 0.2) is 0 Å². The largest absolute Gasteiger partial charge is 0.480 e. The summed E-state index contributed by atoms with van der Waals surface area (Å²) in [6.45, 7) is -0.755. The minimum absolute atomic E-state index is 0.0298. The van der Waals surface area contributed by atoms with Crippen molar-refractivity contribution in [2.75, 3.05) is 24.4 Å². The summed E-state index contributed by atoms with van der Waals surface area (Å²) in [6, 6.07) is 4.18. The van der Waals surface area contributed by atoms with Crippen molar-refractivity contribution in [1.29, 1.82) is 0 Å². The normalized spacial score (nSPS) is 14.5. The molecule has 1 aromatic carbocycles. The Morgan fingerprint density at radius 3 is 2.09 bits per heavy atom. The molecule has 12 heteroatoms. The molecule has 0 saturated carbocycles. The highest BCUT2D eigenvalue weighted by atomic mass is 32.2. The van der Waals surface area contributed by atoms with Crippen molar-refractivity contribution >= 4 is 48.1 Å². The Bertz CT molecular complexity index is 768. The second-order valence-electron chi connectivity index (χ2n) is 6.96. The van der Waals surface area contributed by atoms with Crippen LogP contribution >= 0.6 is 24.4 Å². The topological polar surface area (TPSA) is 171 Å². The van der Waals surface area contributed by atoms with Crippen molar-refractivity contribution in [2.45, 2.75) is 37.0 Å². The van der Waals surface area contributed by atoms with Crippen molar-refractivity contribution in [2.24, 2.45) is 5.73 Å². The number of rotatable bonds is 14. The first-order valence-corrected chi connectivity index (χ1v) is 11.9. The molecule has 1 rings (SSSR count). The number of aliphatic hydroxyl groups excluding tert-OH is 1. The summed E-state index contributed by atoms with van der Waals surface area (Å²) in [6.07, 6.45) is 2.13. The SMILES string of the molecule is CSCCC(NC(=O)C(N)CS)C(=O)NC(CO)C(=O)NC(Cc1ccccc1)C(=O)O. The van der Waals surface area contributed by atoms with E-state index in [0.717, 1.165) is 0 Å². The highest BCUT2D eigenvalue weighted by Crippen LogP contribution is 2.05. The van der Waals surface area contributed by atoms with E-state index in [0.29, 0.717) is 11.3 Å². The van der Waals surface area contributed by atoms with Crippen molar-refractivity contribution in [3.8, 4) is 0 Å². The standard InChI is InChI=1S/C20H30N4O6S2/c1-32-8-7-14(22-17(26)13(21)11-31)18(27)24-16(10-25)19(28)23-15(20(29)30)9-12-5-3-2-4-6-12/h2-6,13-16,25,31H,7-11,21H2,1H3,(H,22,26)(H,23,28)(H,24,27)(H,29,30). The maximum atomic E-state index is 12.7. The Morgan fingerprint density at radius 2 is 1.56 bits per heavy atom. The van der Waals surface area contributed by atoms with Crippen LogP contribution in [0.2, 0.25) is 0 Å². The lowest BCUT2D eigenvalue weighted by atomic mass is 10.1. The van der Waals surface area contributed by atoms with Gasteiger partial charge in [-0.15, -0.1) is 0 Å². The molecule has 0 radical (unpaired) electrons. The summed E-state index contributed by atoms with van der Waals surface area (Å²) < 4.78 is 0. The van der Waals surface area contributed by atoms with Gasteiger partial charge in [-0.1, -0.05) is 30.3 Å². The van der Waals surface area contributed by atoms with Crippen molar-refractivity contribution in [3.63, 3.8) is 0 Å². The molecule has 178 valence electrons. The predicted octanol–water partition coefficient (Wildman–Crippen LogP) is -1.23. The number of hydrogen-bond donors (Lipinski definition) is 7. The number of nitrogens with two attached hydrogens (primary N) is 1. The molecular weight excluding hydrogens is 456 g/mol. The molecule has 0 saturated heterocycles. The van der Waals surface area contributed by atoms with Gasteiger partial charge in [0.25, 0.3) is 0 Å². The fraction of sp³-hybridized carbons (Fsp3) is 0.500. The highest BCUT2D eigenvalue weighted by Gasteiger charge is 2.29. The van der Waals surface area contributed by atoms with E-state index in [9.17, 15) is 29.4 Å². The molecule has 0 aromatic heterocycles. The quantitative estimate of drug-likeness (QED) is 0.160. The van der Waals surface area contributed by atoms with Gasteiger partial charge in [0.2, 0.25) is 17.7 Å². The van der Waals surface area contributed by atoms with Gasteiger partial charge in [-0.05, 0) is 24.0 Å². The highest BCUT2D eigenvalue weighted by molar-refractivity contribution is 7.98. The molecule has 0 aliphatic carbocycles. The molecule has 4 atom stereocenters. The maximum Gasteiger partial charge on any atom is 0.326 e. The van der Waals surface area contributed by atoms with Gasteiger partial charge in [-0.25, -0.2) is 4.79 Å². The number of hydrogen-bond acceptors (Lipinski definition) is 8. The Morgan fingerprint density at radius 1 is 1.00 bits per heavy atom. The van der Waals surface area contributed by atoms with E-state index in [4.69, 9.17) is 5.73 Å². The second kappa shape index (κ2) is 14.7. The van der Waals surface area contributed by atoms with Gasteiger partial charge >= 0.3 is 5.97 Å². The molecule has 0 bridgehead atoms. The van der Waals surface area contributed by atoms with Gasteiger partial charge in [0.1, 0.15) is 18.1 Å². The third kappa shape index (κ3) is 9.47. The van der Waals surface area contributed by atoms with Crippen LogP contribution in [0.1, 0.15) is 12.0 Å². The summed E-state index contributed by atoms with van der Waals surface area (Å²) in [5, 5.41) is 26.3. The minimum Gasteiger partial charge on any atom is -0.480 e. The Labute approximate surface area is 196 Å². The number of carbonyl (C=O) groups excluding carboxylic acids is 3. The number of carboxylic acid groups (broad SMARTS) is 1. The number of amides is 3. The zero-order valence-corrected chi connectivity index (χ0v) is 19.4. The number of thiol groups is 1. The molecule has 10 nitrogen and oxygen atoms in total. The van der Waals surface area contributed by atoms with Crippen LogP contribution in [0, 0.1) is 0 Å². The molecule has 3 amide bonds. The number of nitrogens with one attached hydrogen (secondary N) is 3. The molecular formula is C20H30N4O6S2. The molecule has 0 spiro atoms. The van der Waals surface area contributed by atoms with Crippen LogP contribution in [0.5, 0.6) is 0 Å². The average Bonchev–Trinajstić information content (AvgIpc) is 2.79. The first kappa shape index (κ1) is 27.8. The van der Waals surface area contributed by atoms with Crippen molar-refractivity contribution in [1.82, 2.24) is 16.0 Å². The van der Waals surface area contributed by atoms with Crippen LogP contribution in [-0.4, -0.2) is 82.4 Å². The molecule has 0 fully saturated rings. The van der Waals surface area contributed by atoms with E-state index in [1.165, 1.54) is 11.8 Å². The third-order valence-corrected chi connectivity index (χ3v) is 5.53. The lowest BCUT2D eigenvalue weighted by Crippen LogP contribution is -2.58. The van der Waals surface area contributed by atoms with E-state index in [1.807, 2.05) is 6.26 Å². The fourth-order valence-electron chi connectivity index (χ4n) is 2.65. The van der Waals surface area contributed by atoms with E-state index >= 15 is 0 Å². The lowest BCUT2D eigenvalue weighted by molar-refractivity contribution is -0.142. The number of benzene rings is 1. The van der Waals surface area contributed by atoms with Gasteiger partial charge in [0, 0.05) is 12.2 Å². The van der Waals surface area contributed by atoms with Crippen LogP contribution in [0.4, 0.5) is 0 Å². The van der Waals surface area contributed by atoms with Gasteiger partial charge in [-0.2, -0.15) is 24.4 Å². The molecule has 0 aliphatic heterocycles. The van der Waals surface area contributed by atoms with Crippen LogP contribution in [-0.2, 0) is 25.6 Å². The Balaban J connectivity index is 2.83. The van der Waals surface area contributed by atoms with E-state index in [2.05, 4.69) is 28.6 Å². The zero-order chi connectivity index (χ0) is 24.1. The first-order chi connectivity index (χ1) is 15.2. The number of carbonyl (C=O) groups is 4. The average molecular weight is 487 g/mol. The monoisotopic (exact) mass is 486 g/mol. The number of thioether (sulfide) groups is 1. The van der Waals surface area contributed by atoms with Crippen LogP contribution < -0.4 is 21.7 Å². The van der Waals surface area contributed by atoms with Crippen LogP contribution in [0.3, 0.4) is 0 Å². The Hall–Kier alpha value is -2.28. The van der Waals surface area contributed by atoms with Crippen LogP contribution in [0.15, 0.2) is 30.3 Å². The second-order valence-corrected chi connectivity index (χ2v) is 8.32. The summed E-state index contributed by atoms with van der Waals surface area (Å²) in [7, 11) is 0. The van der Waals surface area contributed by atoms with E-state index in [-0.39, 0.29) is 18.6 Å². The van der Waals surface area contributed by atoms with E-state index < -0.39 is 54.5 Å². The molecule has 7 N–H and O–H groups in total. The fourth-order valence-corrected chi connectivity index (χ4v) is 3.29. The third-order valence-electron chi connectivity index (χ3n) is 4.49. The molecule has 32 heavy (non-hydrogen) atoms. The minimum atomic E-state index is -1.40.